The van der Waals surface area contributed by atoms with E-state index in [0.717, 1.165) is 10.7 Å². The zero-order valence-corrected chi connectivity index (χ0v) is 12.2. The van der Waals surface area contributed by atoms with Crippen LogP contribution in [-0.4, -0.2) is 28.3 Å². The fourth-order valence-electron chi connectivity index (χ4n) is 2.46. The first kappa shape index (κ1) is 13.2. The van der Waals surface area contributed by atoms with Gasteiger partial charge in [-0.15, -0.1) is 0 Å². The van der Waals surface area contributed by atoms with Crippen molar-refractivity contribution in [3.05, 3.63) is 16.9 Å². The van der Waals surface area contributed by atoms with E-state index in [9.17, 15) is 0 Å². The normalized spacial score (nSPS) is 22.3. The van der Waals surface area contributed by atoms with Crippen molar-refractivity contribution >= 4 is 23.4 Å². The number of nitrogens with zero attached hydrogens (tertiary/aromatic N) is 2. The van der Waals surface area contributed by atoms with E-state index in [1.807, 2.05) is 23.5 Å². The summed E-state index contributed by atoms with van der Waals surface area (Å²) in [6.45, 7) is 4.28. The Labute approximate surface area is 112 Å². The molecule has 17 heavy (non-hydrogen) atoms. The standard InChI is InChI=1S/C12H20ClN3S/c1-8(2)16-12(10(13)6-15-16)11(14-3)9-4-5-17-7-9/h6,8-9,11,14H,4-5,7H2,1-3H3. The number of thioether (sulfide) groups is 1. The third kappa shape index (κ3) is 2.64. The molecule has 1 aliphatic rings. The molecule has 2 rings (SSSR count). The summed E-state index contributed by atoms with van der Waals surface area (Å²) in [4.78, 5) is 0. The molecule has 5 heteroatoms. The first-order valence-corrected chi connectivity index (χ1v) is 7.66. The lowest BCUT2D eigenvalue weighted by molar-refractivity contribution is 0.376. The highest BCUT2D eigenvalue weighted by atomic mass is 35.5. The Bertz CT molecular complexity index is 372. The molecule has 0 spiro atoms. The molecule has 1 fully saturated rings. The number of rotatable bonds is 4. The minimum absolute atomic E-state index is 0.322. The van der Waals surface area contributed by atoms with Gasteiger partial charge in [-0.3, -0.25) is 4.68 Å². The smallest absolute Gasteiger partial charge is 0.0834 e. The highest BCUT2D eigenvalue weighted by Crippen LogP contribution is 2.37. The van der Waals surface area contributed by atoms with Gasteiger partial charge in [-0.25, -0.2) is 0 Å². The molecular formula is C12H20ClN3S. The van der Waals surface area contributed by atoms with Gasteiger partial charge in [-0.2, -0.15) is 16.9 Å². The minimum Gasteiger partial charge on any atom is -0.311 e. The highest BCUT2D eigenvalue weighted by molar-refractivity contribution is 7.99. The second-order valence-corrected chi connectivity index (χ2v) is 6.36. The van der Waals surface area contributed by atoms with Gasteiger partial charge in [-0.1, -0.05) is 11.6 Å². The van der Waals surface area contributed by atoms with E-state index in [4.69, 9.17) is 11.6 Å². The van der Waals surface area contributed by atoms with Crippen molar-refractivity contribution in [3.8, 4) is 0 Å². The summed E-state index contributed by atoms with van der Waals surface area (Å²) < 4.78 is 2.05. The molecule has 1 saturated heterocycles. The third-order valence-corrected chi connectivity index (χ3v) is 4.80. The number of hydrogen-bond acceptors (Lipinski definition) is 3. The Kier molecular flexibility index (Phi) is 4.39. The van der Waals surface area contributed by atoms with E-state index in [0.29, 0.717) is 18.0 Å². The molecule has 96 valence electrons. The Hall–Kier alpha value is -0.190. The van der Waals surface area contributed by atoms with Crippen molar-refractivity contribution in [1.82, 2.24) is 15.1 Å². The van der Waals surface area contributed by atoms with Crippen LogP contribution in [-0.2, 0) is 0 Å². The van der Waals surface area contributed by atoms with Gasteiger partial charge in [0.05, 0.1) is 23.0 Å². The second kappa shape index (κ2) is 5.63. The molecule has 0 radical (unpaired) electrons. The van der Waals surface area contributed by atoms with Gasteiger partial charge in [0.15, 0.2) is 0 Å². The van der Waals surface area contributed by atoms with E-state index in [1.165, 1.54) is 17.9 Å². The van der Waals surface area contributed by atoms with Crippen LogP contribution < -0.4 is 5.32 Å². The van der Waals surface area contributed by atoms with Gasteiger partial charge in [0.25, 0.3) is 0 Å². The average molecular weight is 274 g/mol. The Morgan fingerprint density at radius 1 is 1.59 bits per heavy atom. The maximum Gasteiger partial charge on any atom is 0.0834 e. The number of halogens is 1. The number of hydrogen-bond donors (Lipinski definition) is 1. The SMILES string of the molecule is CNC(c1c(Cl)cnn1C(C)C)C1CCSC1. The van der Waals surface area contributed by atoms with Crippen molar-refractivity contribution in [2.24, 2.45) is 5.92 Å². The summed E-state index contributed by atoms with van der Waals surface area (Å²) in [6.07, 6.45) is 3.03. The molecule has 2 unspecified atom stereocenters. The molecule has 2 atom stereocenters. The Balaban J connectivity index is 2.32. The van der Waals surface area contributed by atoms with Crippen LogP contribution in [0, 0.1) is 5.92 Å². The molecule has 0 saturated carbocycles. The van der Waals surface area contributed by atoms with Gasteiger partial charge >= 0.3 is 0 Å². The lowest BCUT2D eigenvalue weighted by Crippen LogP contribution is -2.28. The molecule has 1 N–H and O–H groups in total. The van der Waals surface area contributed by atoms with E-state index < -0.39 is 0 Å². The minimum atomic E-state index is 0.322. The van der Waals surface area contributed by atoms with E-state index in [1.54, 1.807) is 6.20 Å². The van der Waals surface area contributed by atoms with E-state index in [-0.39, 0.29) is 0 Å². The van der Waals surface area contributed by atoms with Crippen molar-refractivity contribution in [1.29, 1.82) is 0 Å². The molecular weight excluding hydrogens is 254 g/mol. The number of aromatic nitrogens is 2. The number of nitrogens with one attached hydrogen (secondary N) is 1. The molecule has 0 bridgehead atoms. The van der Waals surface area contributed by atoms with Crippen molar-refractivity contribution in [3.63, 3.8) is 0 Å². The quantitative estimate of drug-likeness (QED) is 0.914. The topological polar surface area (TPSA) is 29.9 Å². The van der Waals surface area contributed by atoms with Gasteiger partial charge in [0.2, 0.25) is 0 Å². The van der Waals surface area contributed by atoms with Crippen LogP contribution >= 0.6 is 23.4 Å². The first-order chi connectivity index (χ1) is 8.15. The second-order valence-electron chi connectivity index (χ2n) is 4.81. The van der Waals surface area contributed by atoms with Gasteiger partial charge < -0.3 is 5.32 Å². The summed E-state index contributed by atoms with van der Waals surface area (Å²) in [5.41, 5.74) is 1.15. The summed E-state index contributed by atoms with van der Waals surface area (Å²) in [6, 6.07) is 0.671. The summed E-state index contributed by atoms with van der Waals surface area (Å²) in [5, 5.41) is 8.60. The predicted octanol–water partition coefficient (Wildman–Crippen LogP) is 3.13. The fraction of sp³-hybridized carbons (Fsp3) is 0.750. The monoisotopic (exact) mass is 273 g/mol. The van der Waals surface area contributed by atoms with Crippen LogP contribution in [0.4, 0.5) is 0 Å². The van der Waals surface area contributed by atoms with Crippen LogP contribution in [0.25, 0.3) is 0 Å². The molecule has 1 aromatic rings. The highest BCUT2D eigenvalue weighted by Gasteiger charge is 2.30. The zero-order chi connectivity index (χ0) is 12.4. The van der Waals surface area contributed by atoms with Crippen LogP contribution in [0.2, 0.25) is 5.02 Å². The van der Waals surface area contributed by atoms with Crippen molar-refractivity contribution in [2.45, 2.75) is 32.4 Å². The van der Waals surface area contributed by atoms with Crippen LogP contribution in [0.1, 0.15) is 38.0 Å². The largest absolute Gasteiger partial charge is 0.311 e. The Morgan fingerprint density at radius 3 is 2.88 bits per heavy atom. The van der Waals surface area contributed by atoms with Crippen LogP contribution in [0.3, 0.4) is 0 Å². The van der Waals surface area contributed by atoms with Crippen LogP contribution in [0.15, 0.2) is 6.20 Å². The van der Waals surface area contributed by atoms with Crippen molar-refractivity contribution in [2.75, 3.05) is 18.6 Å². The molecule has 3 nitrogen and oxygen atoms in total. The zero-order valence-electron chi connectivity index (χ0n) is 10.6. The Morgan fingerprint density at radius 2 is 2.35 bits per heavy atom. The van der Waals surface area contributed by atoms with Crippen molar-refractivity contribution < 1.29 is 0 Å². The molecule has 0 aromatic carbocycles. The van der Waals surface area contributed by atoms with Gasteiger partial charge in [0, 0.05) is 6.04 Å². The molecule has 1 aliphatic heterocycles. The summed E-state index contributed by atoms with van der Waals surface area (Å²) in [5.74, 6) is 3.14. The molecule has 1 aromatic heterocycles. The van der Waals surface area contributed by atoms with E-state index in [2.05, 4.69) is 24.3 Å². The first-order valence-electron chi connectivity index (χ1n) is 6.13. The lowest BCUT2D eigenvalue weighted by Gasteiger charge is -2.25. The fourth-order valence-corrected chi connectivity index (χ4v) is 4.01. The van der Waals surface area contributed by atoms with E-state index >= 15 is 0 Å². The predicted molar refractivity (Wildman–Crippen MR) is 74.9 cm³/mol. The maximum atomic E-state index is 6.31. The van der Waals surface area contributed by atoms with Gasteiger partial charge in [0.1, 0.15) is 0 Å². The average Bonchev–Trinajstić information content (AvgIpc) is 2.91. The third-order valence-electron chi connectivity index (χ3n) is 3.32. The van der Waals surface area contributed by atoms with Crippen LogP contribution in [0.5, 0.6) is 0 Å². The summed E-state index contributed by atoms with van der Waals surface area (Å²) >= 11 is 8.34. The maximum absolute atomic E-state index is 6.31. The van der Waals surface area contributed by atoms with Gasteiger partial charge in [-0.05, 0) is 44.7 Å². The molecule has 0 aliphatic carbocycles. The molecule has 0 amide bonds. The lowest BCUT2D eigenvalue weighted by atomic mass is 9.96. The molecule has 2 heterocycles. The summed E-state index contributed by atoms with van der Waals surface area (Å²) in [7, 11) is 2.02.